The maximum Gasteiger partial charge on any atom is 0.213 e. The van der Waals surface area contributed by atoms with Crippen LogP contribution in [0.2, 0.25) is 0 Å². The number of rotatable bonds is 2. The van der Waals surface area contributed by atoms with Crippen molar-refractivity contribution in [2.45, 2.75) is 50.2 Å². The molecule has 3 heterocycles. The molecule has 0 aromatic carbocycles. The Morgan fingerprint density at radius 3 is 2.56 bits per heavy atom. The van der Waals surface area contributed by atoms with Crippen LogP contribution in [-0.2, 0) is 7.05 Å². The lowest BCUT2D eigenvalue weighted by atomic mass is 9.82. The summed E-state index contributed by atoms with van der Waals surface area (Å²) < 4.78 is 7.11. The Morgan fingerprint density at radius 2 is 2.00 bits per heavy atom. The van der Waals surface area contributed by atoms with E-state index < -0.39 is 0 Å². The molecule has 2 saturated heterocycles. The van der Waals surface area contributed by atoms with Crippen molar-refractivity contribution in [1.82, 2.24) is 9.78 Å². The zero-order chi connectivity index (χ0) is 12.7. The lowest BCUT2D eigenvalue weighted by Crippen LogP contribution is -2.55. The molecular formula is C13H22N4O. The standard InChI is InChI=1S/C13H22N4O/c1-16-13(18-2)8-12(15-16)17-10-4-3-5-11(17)7-9(14)6-10/h8-11H,3-7,14H2,1-2H3. The van der Waals surface area contributed by atoms with Crippen LogP contribution in [-0.4, -0.2) is 35.0 Å². The SMILES string of the molecule is COc1cc(N2C3CCCC2CC(N)C3)nn1C. The molecule has 2 N–H and O–H groups in total. The zero-order valence-electron chi connectivity index (χ0n) is 11.2. The van der Waals surface area contributed by atoms with E-state index in [4.69, 9.17) is 10.5 Å². The van der Waals surface area contributed by atoms with E-state index in [0.717, 1.165) is 24.5 Å². The van der Waals surface area contributed by atoms with E-state index >= 15 is 0 Å². The second kappa shape index (κ2) is 4.46. The summed E-state index contributed by atoms with van der Waals surface area (Å²) >= 11 is 0. The smallest absolute Gasteiger partial charge is 0.213 e. The molecule has 2 atom stereocenters. The van der Waals surface area contributed by atoms with Gasteiger partial charge >= 0.3 is 0 Å². The van der Waals surface area contributed by atoms with E-state index in [-0.39, 0.29) is 0 Å². The number of aryl methyl sites for hydroxylation is 1. The Balaban J connectivity index is 1.90. The van der Waals surface area contributed by atoms with Crippen LogP contribution in [0.1, 0.15) is 32.1 Å². The number of anilines is 1. The van der Waals surface area contributed by atoms with Crippen molar-refractivity contribution >= 4 is 5.82 Å². The van der Waals surface area contributed by atoms with Gasteiger partial charge in [0.1, 0.15) is 0 Å². The highest BCUT2D eigenvalue weighted by Gasteiger charge is 2.38. The van der Waals surface area contributed by atoms with Crippen molar-refractivity contribution in [2.75, 3.05) is 12.0 Å². The van der Waals surface area contributed by atoms with Crippen molar-refractivity contribution in [3.8, 4) is 5.88 Å². The van der Waals surface area contributed by atoms with Gasteiger partial charge in [-0.25, -0.2) is 4.68 Å². The Bertz CT molecular complexity index is 417. The highest BCUT2D eigenvalue weighted by molar-refractivity contribution is 5.46. The largest absolute Gasteiger partial charge is 0.481 e. The summed E-state index contributed by atoms with van der Waals surface area (Å²) in [7, 11) is 3.61. The van der Waals surface area contributed by atoms with Gasteiger partial charge in [0.15, 0.2) is 5.82 Å². The summed E-state index contributed by atoms with van der Waals surface area (Å²) in [5, 5.41) is 4.59. The van der Waals surface area contributed by atoms with E-state index in [9.17, 15) is 0 Å². The van der Waals surface area contributed by atoms with E-state index in [1.165, 1.54) is 19.3 Å². The number of hydrogen-bond acceptors (Lipinski definition) is 4. The lowest BCUT2D eigenvalue weighted by Gasteiger charge is -2.48. The van der Waals surface area contributed by atoms with Gasteiger partial charge in [-0.15, -0.1) is 0 Å². The molecule has 18 heavy (non-hydrogen) atoms. The summed E-state index contributed by atoms with van der Waals surface area (Å²) in [6, 6.07) is 3.53. The third-order valence-electron chi connectivity index (χ3n) is 4.31. The first kappa shape index (κ1) is 11.8. The van der Waals surface area contributed by atoms with Crippen LogP contribution in [0.5, 0.6) is 5.88 Å². The summed E-state index contributed by atoms with van der Waals surface area (Å²) in [6.07, 6.45) is 5.99. The van der Waals surface area contributed by atoms with Gasteiger partial charge in [0.25, 0.3) is 0 Å². The van der Waals surface area contributed by atoms with Crippen molar-refractivity contribution in [3.63, 3.8) is 0 Å². The molecule has 2 bridgehead atoms. The summed E-state index contributed by atoms with van der Waals surface area (Å²) in [4.78, 5) is 2.48. The molecule has 5 heteroatoms. The molecule has 3 rings (SSSR count). The first-order chi connectivity index (χ1) is 8.69. The Morgan fingerprint density at radius 1 is 1.33 bits per heavy atom. The van der Waals surface area contributed by atoms with Crippen LogP contribution in [0.15, 0.2) is 6.07 Å². The molecule has 2 aliphatic heterocycles. The first-order valence-electron chi connectivity index (χ1n) is 6.81. The first-order valence-corrected chi connectivity index (χ1v) is 6.81. The van der Waals surface area contributed by atoms with Gasteiger partial charge in [-0.3, -0.25) is 0 Å². The third-order valence-corrected chi connectivity index (χ3v) is 4.31. The number of fused-ring (bicyclic) bond motifs is 2. The average molecular weight is 250 g/mol. The molecule has 0 radical (unpaired) electrons. The third kappa shape index (κ3) is 1.86. The number of nitrogens with two attached hydrogens (primary N) is 1. The highest BCUT2D eigenvalue weighted by Crippen LogP contribution is 2.37. The average Bonchev–Trinajstić information content (AvgIpc) is 2.69. The molecule has 2 fully saturated rings. The van der Waals surface area contributed by atoms with Gasteiger partial charge < -0.3 is 15.4 Å². The predicted molar refractivity (Wildman–Crippen MR) is 70.9 cm³/mol. The van der Waals surface area contributed by atoms with E-state index in [0.29, 0.717) is 18.1 Å². The van der Waals surface area contributed by atoms with Gasteiger partial charge in [0, 0.05) is 31.2 Å². The Kier molecular flexibility index (Phi) is 2.93. The molecule has 0 saturated carbocycles. The molecular weight excluding hydrogens is 228 g/mol. The van der Waals surface area contributed by atoms with E-state index in [1.807, 2.05) is 13.1 Å². The van der Waals surface area contributed by atoms with Crippen LogP contribution in [0.4, 0.5) is 5.82 Å². The molecule has 1 aromatic rings. The normalized spacial score (nSPS) is 31.5. The van der Waals surface area contributed by atoms with Gasteiger partial charge in [-0.1, -0.05) is 0 Å². The van der Waals surface area contributed by atoms with Gasteiger partial charge in [-0.2, -0.15) is 5.10 Å². The Hall–Kier alpha value is -1.23. The van der Waals surface area contributed by atoms with Gasteiger partial charge in [-0.05, 0) is 32.1 Å². The molecule has 2 unspecified atom stereocenters. The van der Waals surface area contributed by atoms with Crippen LogP contribution in [0, 0.1) is 0 Å². The van der Waals surface area contributed by atoms with Crippen molar-refractivity contribution in [3.05, 3.63) is 6.07 Å². The zero-order valence-corrected chi connectivity index (χ0v) is 11.2. The topological polar surface area (TPSA) is 56.3 Å². The molecule has 100 valence electrons. The maximum absolute atomic E-state index is 6.15. The predicted octanol–water partition coefficient (Wildman–Crippen LogP) is 1.28. The monoisotopic (exact) mass is 250 g/mol. The number of nitrogens with zero attached hydrogens (tertiary/aromatic N) is 3. The number of aromatic nitrogens is 2. The number of ether oxygens (including phenoxy) is 1. The van der Waals surface area contributed by atoms with Crippen molar-refractivity contribution in [2.24, 2.45) is 12.8 Å². The number of hydrogen-bond donors (Lipinski definition) is 1. The van der Waals surface area contributed by atoms with Crippen LogP contribution >= 0.6 is 0 Å². The van der Waals surface area contributed by atoms with Crippen LogP contribution in [0.3, 0.4) is 0 Å². The van der Waals surface area contributed by atoms with Gasteiger partial charge in [0.2, 0.25) is 5.88 Å². The summed E-state index contributed by atoms with van der Waals surface area (Å²) in [6.45, 7) is 0. The van der Waals surface area contributed by atoms with Crippen molar-refractivity contribution in [1.29, 1.82) is 0 Å². The summed E-state index contributed by atoms with van der Waals surface area (Å²) in [5.74, 6) is 1.87. The molecule has 0 aliphatic carbocycles. The van der Waals surface area contributed by atoms with Gasteiger partial charge in [0.05, 0.1) is 7.11 Å². The fraction of sp³-hybridized carbons (Fsp3) is 0.769. The van der Waals surface area contributed by atoms with E-state index in [2.05, 4.69) is 10.00 Å². The maximum atomic E-state index is 6.15. The second-order valence-electron chi connectivity index (χ2n) is 5.55. The Labute approximate surface area is 108 Å². The van der Waals surface area contributed by atoms with Crippen LogP contribution < -0.4 is 15.4 Å². The molecule has 0 spiro atoms. The second-order valence-corrected chi connectivity index (χ2v) is 5.55. The number of piperidine rings is 2. The fourth-order valence-electron chi connectivity index (χ4n) is 3.55. The minimum Gasteiger partial charge on any atom is -0.481 e. The lowest BCUT2D eigenvalue weighted by molar-refractivity contribution is 0.269. The quantitative estimate of drug-likeness (QED) is 0.859. The highest BCUT2D eigenvalue weighted by atomic mass is 16.5. The minimum absolute atomic E-state index is 0.363. The molecule has 1 aromatic heterocycles. The molecule has 5 nitrogen and oxygen atoms in total. The van der Waals surface area contributed by atoms with Crippen molar-refractivity contribution < 1.29 is 4.74 Å². The van der Waals surface area contributed by atoms with Crippen LogP contribution in [0.25, 0.3) is 0 Å². The molecule has 2 aliphatic rings. The fourth-order valence-corrected chi connectivity index (χ4v) is 3.55. The van der Waals surface area contributed by atoms with E-state index in [1.54, 1.807) is 11.8 Å². The summed E-state index contributed by atoms with van der Waals surface area (Å²) in [5.41, 5.74) is 6.15. The molecule has 0 amide bonds. The number of methoxy groups -OCH3 is 1. The minimum atomic E-state index is 0.363.